The summed E-state index contributed by atoms with van der Waals surface area (Å²) in [5.41, 5.74) is -0.638. The number of hydrogen-bond acceptors (Lipinski definition) is 4. The minimum atomic E-state index is -1.13. The summed E-state index contributed by atoms with van der Waals surface area (Å²) < 4.78 is 6.87. The molecule has 0 atom stereocenters. The molecule has 23 heavy (non-hydrogen) atoms. The zero-order valence-corrected chi connectivity index (χ0v) is 14.3. The molecule has 1 aromatic rings. The Balaban J connectivity index is 1.88. The summed E-state index contributed by atoms with van der Waals surface area (Å²) in [6.07, 6.45) is 4.29. The first kappa shape index (κ1) is 17.6. The van der Waals surface area contributed by atoms with Gasteiger partial charge in [0, 0.05) is 12.2 Å². The van der Waals surface area contributed by atoms with Crippen molar-refractivity contribution in [2.45, 2.75) is 64.1 Å². The average Bonchev–Trinajstić information content (AvgIpc) is 2.79. The van der Waals surface area contributed by atoms with Crippen LogP contribution in [-0.4, -0.2) is 38.6 Å². The summed E-state index contributed by atoms with van der Waals surface area (Å²) in [5.74, 6) is -1.13. The highest BCUT2D eigenvalue weighted by Crippen LogP contribution is 2.30. The first-order chi connectivity index (χ1) is 10.7. The fourth-order valence-electron chi connectivity index (χ4n) is 2.66. The lowest BCUT2D eigenvalue weighted by Gasteiger charge is -2.30. The predicted octanol–water partition coefficient (Wildman–Crippen LogP) is 3.24. The number of carbonyl (C=O) groups is 2. The Labute approximate surface area is 139 Å². The van der Waals surface area contributed by atoms with Gasteiger partial charge < -0.3 is 15.2 Å². The number of ether oxygens (including phenoxy) is 1. The monoisotopic (exact) mass is 343 g/mol. The van der Waals surface area contributed by atoms with Crippen molar-refractivity contribution in [3.8, 4) is 0 Å². The van der Waals surface area contributed by atoms with E-state index in [2.05, 4.69) is 10.4 Å². The fourth-order valence-corrected chi connectivity index (χ4v) is 2.88. The molecular weight excluding hydrogens is 322 g/mol. The number of carbonyl (C=O) groups excluding carboxylic acids is 1. The van der Waals surface area contributed by atoms with Crippen LogP contribution in [0.5, 0.6) is 0 Å². The molecule has 2 N–H and O–H groups in total. The van der Waals surface area contributed by atoms with Crippen molar-refractivity contribution in [1.29, 1.82) is 0 Å². The lowest BCUT2D eigenvalue weighted by atomic mass is 9.91. The number of rotatable bonds is 3. The zero-order valence-electron chi connectivity index (χ0n) is 13.5. The maximum Gasteiger partial charge on any atom is 0.407 e. The third-order valence-corrected chi connectivity index (χ3v) is 3.96. The number of carboxylic acids is 1. The van der Waals surface area contributed by atoms with E-state index in [-0.39, 0.29) is 22.8 Å². The summed E-state index contributed by atoms with van der Waals surface area (Å²) >= 11 is 5.88. The molecule has 0 radical (unpaired) electrons. The maximum atomic E-state index is 11.8. The standard InChI is InChI=1S/C15H22ClN3O4/c1-15(2,3)23-14(22)17-9-4-6-10(7-5-9)19-8-11(16)12(18-19)13(20)21/h8-10H,4-7H2,1-3H3,(H,17,22)(H,20,21)/t9-,10+. The van der Waals surface area contributed by atoms with Gasteiger partial charge in [-0.15, -0.1) is 0 Å². The van der Waals surface area contributed by atoms with Crippen molar-refractivity contribution < 1.29 is 19.4 Å². The van der Waals surface area contributed by atoms with Gasteiger partial charge in [0.15, 0.2) is 5.69 Å². The molecule has 7 nitrogen and oxygen atoms in total. The summed E-state index contributed by atoms with van der Waals surface area (Å²) in [4.78, 5) is 22.8. The van der Waals surface area contributed by atoms with Crippen LogP contribution < -0.4 is 5.32 Å². The number of hydrogen-bond donors (Lipinski definition) is 2. The Kier molecular flexibility index (Phi) is 5.19. The number of carboxylic acid groups (broad SMARTS) is 1. The van der Waals surface area contributed by atoms with E-state index in [1.54, 1.807) is 10.9 Å². The molecule has 1 fully saturated rings. The van der Waals surface area contributed by atoms with Crippen molar-refractivity contribution in [1.82, 2.24) is 15.1 Å². The zero-order chi connectivity index (χ0) is 17.2. The molecule has 1 saturated carbocycles. The minimum Gasteiger partial charge on any atom is -0.476 e. The Morgan fingerprint density at radius 3 is 2.43 bits per heavy atom. The number of aromatic nitrogens is 2. The second kappa shape index (κ2) is 6.78. The molecule has 8 heteroatoms. The van der Waals surface area contributed by atoms with Gasteiger partial charge in [-0.05, 0) is 46.5 Å². The highest BCUT2D eigenvalue weighted by Gasteiger charge is 2.27. The van der Waals surface area contributed by atoms with E-state index < -0.39 is 17.7 Å². The van der Waals surface area contributed by atoms with E-state index in [0.717, 1.165) is 25.7 Å². The van der Waals surface area contributed by atoms with E-state index in [9.17, 15) is 9.59 Å². The molecular formula is C15H22ClN3O4. The third-order valence-electron chi connectivity index (χ3n) is 3.68. The Morgan fingerprint density at radius 2 is 1.96 bits per heavy atom. The van der Waals surface area contributed by atoms with Crippen molar-refractivity contribution in [3.05, 3.63) is 16.9 Å². The summed E-state index contributed by atoms with van der Waals surface area (Å²) in [6.45, 7) is 5.47. The van der Waals surface area contributed by atoms with Crippen LogP contribution in [0.1, 0.15) is 63.0 Å². The Morgan fingerprint density at radius 1 is 1.35 bits per heavy atom. The van der Waals surface area contributed by atoms with Crippen LogP contribution in [0, 0.1) is 0 Å². The second-order valence-corrected chi connectivity index (χ2v) is 7.17. The van der Waals surface area contributed by atoms with Gasteiger partial charge in [0.25, 0.3) is 0 Å². The minimum absolute atomic E-state index is 0.0612. The van der Waals surface area contributed by atoms with E-state index in [1.165, 1.54) is 0 Å². The Bertz CT molecular complexity index is 586. The molecule has 0 aromatic carbocycles. The molecule has 0 spiro atoms. The van der Waals surface area contributed by atoms with E-state index in [4.69, 9.17) is 21.4 Å². The maximum absolute atomic E-state index is 11.8. The van der Waals surface area contributed by atoms with Gasteiger partial charge >= 0.3 is 12.1 Å². The number of nitrogens with one attached hydrogen (secondary N) is 1. The number of alkyl carbamates (subject to hydrolysis) is 1. The molecule has 2 rings (SSSR count). The molecule has 1 heterocycles. The number of amides is 1. The highest BCUT2D eigenvalue weighted by atomic mass is 35.5. The second-order valence-electron chi connectivity index (χ2n) is 6.76. The average molecular weight is 344 g/mol. The molecule has 128 valence electrons. The smallest absolute Gasteiger partial charge is 0.407 e. The van der Waals surface area contributed by atoms with Crippen LogP contribution in [-0.2, 0) is 4.74 Å². The largest absolute Gasteiger partial charge is 0.476 e. The molecule has 0 bridgehead atoms. The molecule has 0 saturated heterocycles. The van der Waals surface area contributed by atoms with E-state index in [1.807, 2.05) is 20.8 Å². The lowest BCUT2D eigenvalue weighted by Crippen LogP contribution is -2.41. The summed E-state index contributed by atoms with van der Waals surface area (Å²) in [5, 5.41) is 16.0. The topological polar surface area (TPSA) is 93.5 Å². The van der Waals surface area contributed by atoms with Gasteiger partial charge in [-0.1, -0.05) is 11.6 Å². The third kappa shape index (κ3) is 4.86. The molecule has 0 unspecified atom stereocenters. The van der Waals surface area contributed by atoms with Crippen molar-refractivity contribution in [2.24, 2.45) is 0 Å². The van der Waals surface area contributed by atoms with E-state index >= 15 is 0 Å². The summed E-state index contributed by atoms with van der Waals surface area (Å²) in [6, 6.07) is 0.156. The SMILES string of the molecule is CC(C)(C)OC(=O)N[C@H]1CC[C@@H](n2cc(Cl)c(C(=O)O)n2)CC1. The lowest BCUT2D eigenvalue weighted by molar-refractivity contribution is 0.0486. The van der Waals surface area contributed by atoms with Gasteiger partial charge in [0.1, 0.15) is 5.60 Å². The van der Waals surface area contributed by atoms with Gasteiger partial charge in [0.05, 0.1) is 11.1 Å². The highest BCUT2D eigenvalue weighted by molar-refractivity contribution is 6.33. The quantitative estimate of drug-likeness (QED) is 0.878. The van der Waals surface area contributed by atoms with Crippen LogP contribution in [0.3, 0.4) is 0 Å². The van der Waals surface area contributed by atoms with Crippen LogP contribution in [0.15, 0.2) is 6.20 Å². The first-order valence-corrected chi connectivity index (χ1v) is 8.01. The predicted molar refractivity (Wildman–Crippen MR) is 84.9 cm³/mol. The molecule has 1 amide bonds. The van der Waals surface area contributed by atoms with Crippen LogP contribution in [0.4, 0.5) is 4.79 Å². The van der Waals surface area contributed by atoms with Gasteiger partial charge in [0.2, 0.25) is 0 Å². The van der Waals surface area contributed by atoms with Crippen molar-refractivity contribution >= 4 is 23.7 Å². The molecule has 1 aliphatic carbocycles. The van der Waals surface area contributed by atoms with Gasteiger partial charge in [-0.3, -0.25) is 4.68 Å². The number of nitrogens with zero attached hydrogens (tertiary/aromatic N) is 2. The van der Waals surface area contributed by atoms with Gasteiger partial charge in [-0.25, -0.2) is 9.59 Å². The molecule has 1 aromatic heterocycles. The van der Waals surface area contributed by atoms with Crippen molar-refractivity contribution in [2.75, 3.05) is 0 Å². The normalized spacial score (nSPS) is 21.7. The first-order valence-electron chi connectivity index (χ1n) is 7.63. The van der Waals surface area contributed by atoms with Crippen LogP contribution >= 0.6 is 11.6 Å². The number of aromatic carboxylic acids is 1. The summed E-state index contributed by atoms with van der Waals surface area (Å²) in [7, 11) is 0. The number of halogens is 1. The Hall–Kier alpha value is -1.76. The van der Waals surface area contributed by atoms with Crippen LogP contribution in [0.2, 0.25) is 5.02 Å². The fraction of sp³-hybridized carbons (Fsp3) is 0.667. The van der Waals surface area contributed by atoms with Gasteiger partial charge in [-0.2, -0.15) is 5.10 Å². The van der Waals surface area contributed by atoms with E-state index in [0.29, 0.717) is 0 Å². The molecule has 0 aliphatic heterocycles. The van der Waals surface area contributed by atoms with Crippen molar-refractivity contribution in [3.63, 3.8) is 0 Å². The van der Waals surface area contributed by atoms with Crippen LogP contribution in [0.25, 0.3) is 0 Å². The molecule has 1 aliphatic rings.